The minimum atomic E-state index is 0.207. The number of hydrogen-bond acceptors (Lipinski definition) is 3. The number of H-pyrrole nitrogens is 1. The van der Waals surface area contributed by atoms with Gasteiger partial charge in [-0.1, -0.05) is 13.3 Å². The number of aromatic nitrogens is 3. The van der Waals surface area contributed by atoms with Crippen LogP contribution in [0.4, 0.5) is 0 Å². The molecule has 1 rings (SSSR count). The van der Waals surface area contributed by atoms with Crippen LogP contribution in [-0.2, 0) is 12.8 Å². The van der Waals surface area contributed by atoms with Gasteiger partial charge in [0.1, 0.15) is 5.82 Å². The van der Waals surface area contributed by atoms with Crippen molar-refractivity contribution in [2.45, 2.75) is 39.0 Å². The molecule has 0 aliphatic rings. The van der Waals surface area contributed by atoms with Crippen molar-refractivity contribution < 1.29 is 5.11 Å². The number of nitrogens with zero attached hydrogens (tertiary/aromatic N) is 2. The largest absolute Gasteiger partial charge is 0.396 e. The Bertz CT molecular complexity index is 212. The van der Waals surface area contributed by atoms with Gasteiger partial charge in [-0.15, -0.1) is 0 Å². The first-order valence-corrected chi connectivity index (χ1v) is 4.87. The summed E-state index contributed by atoms with van der Waals surface area (Å²) >= 11 is 0. The summed E-state index contributed by atoms with van der Waals surface area (Å²) in [6.07, 6.45) is 4.80. The molecule has 0 atom stereocenters. The van der Waals surface area contributed by atoms with Gasteiger partial charge < -0.3 is 5.11 Å². The first kappa shape index (κ1) is 10.2. The number of unbranched alkanes of at least 4 members (excludes halogenated alkanes) is 1. The molecule has 1 heterocycles. The Morgan fingerprint density at radius 2 is 2.15 bits per heavy atom. The summed E-state index contributed by atoms with van der Waals surface area (Å²) in [6.45, 7) is 2.36. The molecule has 0 saturated heterocycles. The third-order valence-electron chi connectivity index (χ3n) is 1.90. The average molecular weight is 183 g/mol. The zero-order valence-electron chi connectivity index (χ0n) is 8.08. The number of aromatic amines is 1. The van der Waals surface area contributed by atoms with E-state index in [1.807, 2.05) is 0 Å². The molecular weight excluding hydrogens is 166 g/mol. The standard InChI is InChI=1S/C9H17N3O/c1-2-3-5-8-10-9(12-11-8)6-4-7-13/h13H,2-7H2,1H3,(H,10,11,12). The maximum atomic E-state index is 8.61. The molecular formula is C9H17N3O. The normalized spacial score (nSPS) is 10.6. The maximum absolute atomic E-state index is 8.61. The van der Waals surface area contributed by atoms with Crippen molar-refractivity contribution in [1.29, 1.82) is 0 Å². The van der Waals surface area contributed by atoms with Crippen LogP contribution in [0.2, 0.25) is 0 Å². The second-order valence-electron chi connectivity index (χ2n) is 3.13. The van der Waals surface area contributed by atoms with Crippen LogP contribution in [0.3, 0.4) is 0 Å². The van der Waals surface area contributed by atoms with Gasteiger partial charge in [0.15, 0.2) is 5.82 Å². The van der Waals surface area contributed by atoms with E-state index < -0.39 is 0 Å². The van der Waals surface area contributed by atoms with Gasteiger partial charge >= 0.3 is 0 Å². The van der Waals surface area contributed by atoms with Crippen molar-refractivity contribution in [3.8, 4) is 0 Å². The summed E-state index contributed by atoms with van der Waals surface area (Å²) in [4.78, 5) is 4.31. The first-order chi connectivity index (χ1) is 6.36. The fraction of sp³-hybridized carbons (Fsp3) is 0.778. The van der Waals surface area contributed by atoms with Crippen LogP contribution in [0, 0.1) is 0 Å². The van der Waals surface area contributed by atoms with Gasteiger partial charge in [-0.05, 0) is 12.8 Å². The van der Waals surface area contributed by atoms with Gasteiger partial charge in [-0.3, -0.25) is 5.10 Å². The number of rotatable bonds is 6. The Morgan fingerprint density at radius 1 is 1.31 bits per heavy atom. The molecule has 0 aromatic carbocycles. The Morgan fingerprint density at radius 3 is 2.85 bits per heavy atom. The highest BCUT2D eigenvalue weighted by atomic mass is 16.2. The molecule has 1 aromatic rings. The maximum Gasteiger partial charge on any atom is 0.150 e. The van der Waals surface area contributed by atoms with E-state index in [9.17, 15) is 0 Å². The van der Waals surface area contributed by atoms with Crippen LogP contribution in [0.15, 0.2) is 0 Å². The van der Waals surface area contributed by atoms with Crippen LogP contribution >= 0.6 is 0 Å². The fourth-order valence-electron chi connectivity index (χ4n) is 1.14. The van der Waals surface area contributed by atoms with Gasteiger partial charge in [0.25, 0.3) is 0 Å². The zero-order chi connectivity index (χ0) is 9.52. The Kier molecular flexibility index (Phi) is 4.46. The van der Waals surface area contributed by atoms with Crippen molar-refractivity contribution in [3.05, 3.63) is 11.6 Å². The van der Waals surface area contributed by atoms with Crippen molar-refractivity contribution in [1.82, 2.24) is 15.2 Å². The molecule has 0 radical (unpaired) electrons. The quantitative estimate of drug-likeness (QED) is 0.693. The smallest absolute Gasteiger partial charge is 0.150 e. The Hall–Kier alpha value is -0.900. The van der Waals surface area contributed by atoms with E-state index >= 15 is 0 Å². The van der Waals surface area contributed by atoms with Crippen LogP contribution in [0.5, 0.6) is 0 Å². The summed E-state index contributed by atoms with van der Waals surface area (Å²) < 4.78 is 0. The van der Waals surface area contributed by atoms with Crippen molar-refractivity contribution in [2.24, 2.45) is 0 Å². The summed E-state index contributed by atoms with van der Waals surface area (Å²) in [7, 11) is 0. The van der Waals surface area contributed by atoms with E-state index in [4.69, 9.17) is 5.11 Å². The predicted octanol–water partition coefficient (Wildman–Crippen LogP) is 1.07. The predicted molar refractivity (Wildman–Crippen MR) is 50.4 cm³/mol. The molecule has 0 bridgehead atoms. The molecule has 4 nitrogen and oxygen atoms in total. The van der Waals surface area contributed by atoms with Crippen LogP contribution in [0.25, 0.3) is 0 Å². The minimum Gasteiger partial charge on any atom is -0.396 e. The van der Waals surface area contributed by atoms with Crippen molar-refractivity contribution >= 4 is 0 Å². The van der Waals surface area contributed by atoms with Crippen molar-refractivity contribution in [3.63, 3.8) is 0 Å². The lowest BCUT2D eigenvalue weighted by Crippen LogP contribution is -1.92. The van der Waals surface area contributed by atoms with Crippen molar-refractivity contribution in [2.75, 3.05) is 6.61 Å². The lowest BCUT2D eigenvalue weighted by atomic mass is 10.2. The van der Waals surface area contributed by atoms with E-state index in [1.54, 1.807) is 0 Å². The topological polar surface area (TPSA) is 61.8 Å². The second-order valence-corrected chi connectivity index (χ2v) is 3.13. The molecule has 74 valence electrons. The summed E-state index contributed by atoms with van der Waals surface area (Å²) in [5, 5.41) is 15.6. The number of hydrogen-bond donors (Lipinski definition) is 2. The lowest BCUT2D eigenvalue weighted by Gasteiger charge is -1.91. The third-order valence-corrected chi connectivity index (χ3v) is 1.90. The molecule has 1 aromatic heterocycles. The first-order valence-electron chi connectivity index (χ1n) is 4.87. The second kappa shape index (κ2) is 5.70. The van der Waals surface area contributed by atoms with E-state index in [0.29, 0.717) is 0 Å². The zero-order valence-corrected chi connectivity index (χ0v) is 8.08. The molecule has 0 unspecified atom stereocenters. The highest BCUT2D eigenvalue weighted by molar-refractivity contribution is 4.90. The van der Waals surface area contributed by atoms with Gasteiger partial charge in [-0.2, -0.15) is 5.10 Å². The summed E-state index contributed by atoms with van der Waals surface area (Å²) in [6, 6.07) is 0. The molecule has 0 saturated carbocycles. The Balaban J connectivity index is 2.34. The van der Waals surface area contributed by atoms with Gasteiger partial charge in [0.2, 0.25) is 0 Å². The molecule has 4 heteroatoms. The number of aliphatic hydroxyl groups excluding tert-OH is 1. The van der Waals surface area contributed by atoms with Gasteiger partial charge in [0, 0.05) is 19.4 Å². The molecule has 2 N–H and O–H groups in total. The van der Waals surface area contributed by atoms with E-state index in [1.165, 1.54) is 6.42 Å². The van der Waals surface area contributed by atoms with Gasteiger partial charge in [-0.25, -0.2) is 4.98 Å². The number of aliphatic hydroxyl groups is 1. The lowest BCUT2D eigenvalue weighted by molar-refractivity contribution is 0.287. The molecule has 0 fully saturated rings. The highest BCUT2D eigenvalue weighted by Crippen LogP contribution is 2.00. The molecule has 0 amide bonds. The summed E-state index contributed by atoms with van der Waals surface area (Å²) in [5.74, 6) is 1.79. The van der Waals surface area contributed by atoms with E-state index in [-0.39, 0.29) is 6.61 Å². The molecule has 0 aliphatic carbocycles. The van der Waals surface area contributed by atoms with Crippen LogP contribution < -0.4 is 0 Å². The van der Waals surface area contributed by atoms with Crippen LogP contribution in [0.1, 0.15) is 37.8 Å². The van der Waals surface area contributed by atoms with E-state index in [2.05, 4.69) is 22.1 Å². The number of aryl methyl sites for hydroxylation is 2. The molecule has 13 heavy (non-hydrogen) atoms. The third kappa shape index (κ3) is 3.55. The van der Waals surface area contributed by atoms with Gasteiger partial charge in [0.05, 0.1) is 0 Å². The average Bonchev–Trinajstić information content (AvgIpc) is 2.59. The fourth-order valence-corrected chi connectivity index (χ4v) is 1.14. The molecule has 0 aliphatic heterocycles. The monoisotopic (exact) mass is 183 g/mol. The highest BCUT2D eigenvalue weighted by Gasteiger charge is 2.01. The van der Waals surface area contributed by atoms with Crippen LogP contribution in [-0.4, -0.2) is 26.9 Å². The Labute approximate surface area is 78.4 Å². The SMILES string of the molecule is CCCCc1nc(CCCO)n[nH]1. The summed E-state index contributed by atoms with van der Waals surface area (Å²) in [5.41, 5.74) is 0. The van der Waals surface area contributed by atoms with E-state index in [0.717, 1.165) is 37.3 Å². The number of nitrogens with one attached hydrogen (secondary N) is 1. The molecule has 0 spiro atoms. The minimum absolute atomic E-state index is 0.207.